The molecule has 140 valence electrons. The zero-order chi connectivity index (χ0) is 19.1. The maximum Gasteiger partial charge on any atom is 0.317 e. The first-order valence-corrected chi connectivity index (χ1v) is 9.40. The van der Waals surface area contributed by atoms with Crippen LogP contribution in [0.15, 0.2) is 34.8 Å². The minimum absolute atomic E-state index is 0.125. The fraction of sp³-hybridized carbons (Fsp3) is 0.278. The molecule has 8 heteroatoms. The average Bonchev–Trinajstić information content (AvgIpc) is 2.57. The molecule has 0 heterocycles. The van der Waals surface area contributed by atoms with Gasteiger partial charge in [0.2, 0.25) is 0 Å². The van der Waals surface area contributed by atoms with Crippen molar-refractivity contribution in [2.24, 2.45) is 0 Å². The lowest BCUT2D eigenvalue weighted by molar-refractivity contribution is -0.135. The minimum Gasteiger partial charge on any atom is -0.490 e. The third kappa shape index (κ3) is 5.77. The van der Waals surface area contributed by atoms with E-state index in [0.29, 0.717) is 40.3 Å². The van der Waals surface area contributed by atoms with Crippen LogP contribution in [0, 0.1) is 0 Å². The Labute approximate surface area is 170 Å². The normalized spacial score (nSPS) is 10.6. The summed E-state index contributed by atoms with van der Waals surface area (Å²) >= 11 is 15.8. The highest BCUT2D eigenvalue weighted by Crippen LogP contribution is 2.35. The van der Waals surface area contributed by atoms with Crippen LogP contribution in [0.5, 0.6) is 11.5 Å². The quantitative estimate of drug-likeness (QED) is 0.554. The largest absolute Gasteiger partial charge is 0.490 e. The summed E-state index contributed by atoms with van der Waals surface area (Å²) in [5.74, 6) is 0.186. The molecule has 0 radical (unpaired) electrons. The molecule has 2 aromatic carbocycles. The maximum absolute atomic E-state index is 10.6. The zero-order valence-corrected chi connectivity index (χ0v) is 17.1. The number of halogens is 3. The number of carbonyl (C=O) groups is 1. The molecule has 0 atom stereocenters. The van der Waals surface area contributed by atoms with Crippen LogP contribution in [-0.4, -0.2) is 24.2 Å². The van der Waals surface area contributed by atoms with E-state index in [1.165, 1.54) is 0 Å². The first-order valence-electron chi connectivity index (χ1n) is 7.85. The molecule has 0 aliphatic carbocycles. The third-order valence-electron chi connectivity index (χ3n) is 3.44. The van der Waals surface area contributed by atoms with E-state index in [9.17, 15) is 4.79 Å². The molecule has 2 N–H and O–H groups in total. The molecule has 0 saturated carbocycles. The lowest BCUT2D eigenvalue weighted by Crippen LogP contribution is -2.22. The first kappa shape index (κ1) is 20.8. The molecule has 2 rings (SSSR count). The molecule has 0 aromatic heterocycles. The summed E-state index contributed by atoms with van der Waals surface area (Å²) in [5.41, 5.74) is 1.56. The monoisotopic (exact) mass is 461 g/mol. The van der Waals surface area contributed by atoms with Crippen LogP contribution in [0.1, 0.15) is 18.1 Å². The van der Waals surface area contributed by atoms with Crippen LogP contribution < -0.4 is 14.8 Å². The van der Waals surface area contributed by atoms with Gasteiger partial charge in [-0.05, 0) is 36.8 Å². The molecule has 26 heavy (non-hydrogen) atoms. The molecular weight excluding hydrogens is 445 g/mol. The minimum atomic E-state index is -0.914. The van der Waals surface area contributed by atoms with Crippen molar-refractivity contribution in [3.63, 3.8) is 0 Å². The van der Waals surface area contributed by atoms with E-state index in [4.69, 9.17) is 37.8 Å². The highest BCUT2D eigenvalue weighted by molar-refractivity contribution is 9.10. The van der Waals surface area contributed by atoms with Crippen molar-refractivity contribution >= 4 is 45.1 Å². The lowest BCUT2D eigenvalue weighted by Gasteiger charge is -2.16. The zero-order valence-electron chi connectivity index (χ0n) is 14.0. The molecule has 0 fully saturated rings. The number of carboxylic acids is 1. The summed E-state index contributed by atoms with van der Waals surface area (Å²) in [7, 11) is 0. The molecule has 2 aromatic rings. The molecule has 5 nitrogen and oxygen atoms in total. The van der Waals surface area contributed by atoms with Crippen LogP contribution in [0.3, 0.4) is 0 Å². The van der Waals surface area contributed by atoms with Gasteiger partial charge >= 0.3 is 5.97 Å². The number of hydrogen-bond donors (Lipinski definition) is 2. The number of nitrogens with one attached hydrogen (secondary N) is 1. The summed E-state index contributed by atoms with van der Waals surface area (Å²) < 4.78 is 12.3. The van der Waals surface area contributed by atoms with E-state index in [1.54, 1.807) is 24.3 Å². The van der Waals surface area contributed by atoms with Crippen molar-refractivity contribution < 1.29 is 19.4 Å². The molecule has 0 spiro atoms. The molecule has 0 aliphatic heterocycles. The Bertz CT molecular complexity index is 766. The van der Waals surface area contributed by atoms with Crippen molar-refractivity contribution in [1.29, 1.82) is 0 Å². The van der Waals surface area contributed by atoms with Crippen LogP contribution in [-0.2, 0) is 17.9 Å². The van der Waals surface area contributed by atoms with Crippen LogP contribution >= 0.6 is 39.1 Å². The highest BCUT2D eigenvalue weighted by Gasteiger charge is 2.13. The van der Waals surface area contributed by atoms with Gasteiger partial charge in [0.25, 0.3) is 0 Å². The summed E-state index contributed by atoms with van der Waals surface area (Å²) in [4.78, 5) is 10.6. The number of rotatable bonds is 9. The molecule has 0 bridgehead atoms. The van der Waals surface area contributed by atoms with Gasteiger partial charge in [-0.2, -0.15) is 0 Å². The van der Waals surface area contributed by atoms with E-state index >= 15 is 0 Å². The van der Waals surface area contributed by atoms with Crippen molar-refractivity contribution in [2.75, 3.05) is 13.2 Å². The predicted molar refractivity (Wildman–Crippen MR) is 105 cm³/mol. The Kier molecular flexibility index (Phi) is 8.03. The molecule has 0 unspecified atom stereocenters. The SMILES string of the molecule is CCOc1cc(CNCC(=O)O)c(Br)cc1OCc1c(Cl)cccc1Cl. The predicted octanol–water partition coefficient (Wildman–Crippen LogP) is 4.91. The second-order valence-electron chi connectivity index (χ2n) is 5.31. The van der Waals surface area contributed by atoms with Crippen LogP contribution in [0.25, 0.3) is 0 Å². The van der Waals surface area contributed by atoms with Crippen molar-refractivity contribution in [3.8, 4) is 11.5 Å². The van der Waals surface area contributed by atoms with Gasteiger partial charge in [0.1, 0.15) is 6.61 Å². The van der Waals surface area contributed by atoms with Gasteiger partial charge in [0, 0.05) is 26.6 Å². The van der Waals surface area contributed by atoms with Crippen molar-refractivity contribution in [1.82, 2.24) is 5.32 Å². The number of carboxylic acid groups (broad SMARTS) is 1. The summed E-state index contributed by atoms with van der Waals surface area (Å²) in [5, 5.41) is 12.6. The van der Waals surface area contributed by atoms with E-state index in [2.05, 4.69) is 21.2 Å². The van der Waals surface area contributed by atoms with E-state index in [-0.39, 0.29) is 13.2 Å². The maximum atomic E-state index is 10.6. The Morgan fingerprint density at radius 3 is 2.46 bits per heavy atom. The van der Waals surface area contributed by atoms with E-state index < -0.39 is 5.97 Å². The van der Waals surface area contributed by atoms with Gasteiger partial charge in [-0.3, -0.25) is 4.79 Å². The van der Waals surface area contributed by atoms with Crippen molar-refractivity contribution in [3.05, 3.63) is 56.0 Å². The second kappa shape index (κ2) is 10.0. The molecule has 0 aliphatic rings. The Morgan fingerprint density at radius 1 is 1.19 bits per heavy atom. The summed E-state index contributed by atoms with van der Waals surface area (Å²) in [6.45, 7) is 2.79. The molecular formula is C18H18BrCl2NO4. The van der Waals surface area contributed by atoms with Gasteiger partial charge in [0.05, 0.1) is 13.2 Å². The summed E-state index contributed by atoms with van der Waals surface area (Å²) in [6.07, 6.45) is 0. The number of aliphatic carboxylic acids is 1. The topological polar surface area (TPSA) is 67.8 Å². The Morgan fingerprint density at radius 2 is 1.85 bits per heavy atom. The Hall–Kier alpha value is -1.47. The van der Waals surface area contributed by atoms with Crippen molar-refractivity contribution in [2.45, 2.75) is 20.1 Å². The summed E-state index contributed by atoms with van der Waals surface area (Å²) in [6, 6.07) is 8.88. The first-order chi connectivity index (χ1) is 12.4. The lowest BCUT2D eigenvalue weighted by atomic mass is 10.2. The van der Waals surface area contributed by atoms with E-state index in [1.807, 2.05) is 13.0 Å². The fourth-order valence-corrected chi connectivity index (χ4v) is 3.19. The van der Waals surface area contributed by atoms with E-state index in [0.717, 1.165) is 10.0 Å². The van der Waals surface area contributed by atoms with Gasteiger partial charge < -0.3 is 19.9 Å². The van der Waals surface area contributed by atoms with Gasteiger partial charge in [-0.25, -0.2) is 0 Å². The number of hydrogen-bond acceptors (Lipinski definition) is 4. The van der Waals surface area contributed by atoms with Crippen LogP contribution in [0.2, 0.25) is 10.0 Å². The van der Waals surface area contributed by atoms with Gasteiger partial charge in [-0.1, -0.05) is 45.2 Å². The third-order valence-corrected chi connectivity index (χ3v) is 4.88. The molecule has 0 saturated heterocycles. The van der Waals surface area contributed by atoms with Gasteiger partial charge in [0.15, 0.2) is 11.5 Å². The average molecular weight is 463 g/mol. The highest BCUT2D eigenvalue weighted by atomic mass is 79.9. The van der Waals surface area contributed by atoms with Gasteiger partial charge in [-0.15, -0.1) is 0 Å². The fourth-order valence-electron chi connectivity index (χ4n) is 2.22. The standard InChI is InChI=1S/C18H18BrCl2NO4/c1-2-25-16-6-11(8-22-9-18(23)24)13(19)7-17(16)26-10-12-14(20)4-3-5-15(12)21/h3-7,22H,2,8-10H2,1H3,(H,23,24). The molecule has 0 amide bonds. The Balaban J connectivity index is 2.19. The second-order valence-corrected chi connectivity index (χ2v) is 6.98. The smallest absolute Gasteiger partial charge is 0.317 e. The van der Waals surface area contributed by atoms with Crippen LogP contribution in [0.4, 0.5) is 0 Å². The number of ether oxygens (including phenoxy) is 2. The number of benzene rings is 2.